The van der Waals surface area contributed by atoms with Gasteiger partial charge in [-0.15, -0.1) is 5.06 Å². The molecule has 0 N–H and O–H groups in total. The molecule has 0 aliphatic carbocycles. The zero-order chi connectivity index (χ0) is 43.5. The Morgan fingerprint density at radius 3 is 1.29 bits per heavy atom. The SMILES string of the molecule is CC(C)C(=O)ON1C(=O)CCC1=O.CC(C)N1C(=O)C=CC1=O.Cc1c(F)c(F)c(OC(=O)C(C)C)c(F)c1F.Cc1cc(F)c(F)c(OC(=O)C(C)C)c1F. The third kappa shape index (κ3) is 12.7. The number of ether oxygens (including phenoxy) is 2. The summed E-state index contributed by atoms with van der Waals surface area (Å²) >= 11 is 0. The number of rotatable bonds is 7. The first-order valence-electron chi connectivity index (χ1n) is 16.8. The highest BCUT2D eigenvalue weighted by Gasteiger charge is 2.33. The van der Waals surface area contributed by atoms with Crippen LogP contribution in [0, 0.1) is 72.3 Å². The number of benzene rings is 2. The smallest absolute Gasteiger partial charge is 0.335 e. The van der Waals surface area contributed by atoms with Crippen LogP contribution >= 0.6 is 0 Å². The van der Waals surface area contributed by atoms with Crippen molar-refractivity contribution in [2.75, 3.05) is 0 Å². The Kier molecular flexibility index (Phi) is 18.1. The fourth-order valence-corrected chi connectivity index (χ4v) is 3.81. The highest BCUT2D eigenvalue weighted by atomic mass is 19.2. The van der Waals surface area contributed by atoms with E-state index in [0.717, 1.165) is 6.92 Å². The minimum Gasteiger partial charge on any atom is -0.420 e. The third-order valence-electron chi connectivity index (χ3n) is 7.11. The molecule has 12 nitrogen and oxygen atoms in total. The Balaban J connectivity index is 0.000000380. The van der Waals surface area contributed by atoms with Crippen LogP contribution in [0.4, 0.5) is 30.7 Å². The highest BCUT2D eigenvalue weighted by molar-refractivity contribution is 6.13. The van der Waals surface area contributed by atoms with Gasteiger partial charge in [-0.3, -0.25) is 33.7 Å². The number of carbonyl (C=O) groups is 7. The Labute approximate surface area is 317 Å². The molecule has 1 saturated heterocycles. The molecule has 19 heteroatoms. The molecule has 0 atom stereocenters. The van der Waals surface area contributed by atoms with E-state index in [1.54, 1.807) is 13.8 Å². The summed E-state index contributed by atoms with van der Waals surface area (Å²) in [5.74, 6) is -17.9. The number of halogens is 7. The molecule has 2 aromatic carbocycles. The summed E-state index contributed by atoms with van der Waals surface area (Å²) in [5, 5.41) is 0.558. The maximum Gasteiger partial charge on any atom is 0.335 e. The molecule has 2 heterocycles. The molecule has 4 amide bonds. The standard InChI is InChI=1S/C11H10F4O2.C11H11F3O2.C8H11NO4.C7H9NO2/c1-4(2)11(16)17-10-8(14)6(12)5(3)7(13)9(10)15;1-5(2)11(15)16-10-8(13)6(3)4-7(12)9(10)14;1-5(2)8(12)13-9-6(10)3-4-7(9)11;1-5(2)8-6(9)3-4-7(8)10/h4H,1-3H3;4-5H,1-3H3;5H,3-4H2,1-2H3;3-5H,1-2H3. The van der Waals surface area contributed by atoms with E-state index in [-0.39, 0.29) is 42.2 Å². The lowest BCUT2D eigenvalue weighted by molar-refractivity contribution is -0.199. The number of hydrogen-bond acceptors (Lipinski definition) is 10. The van der Waals surface area contributed by atoms with E-state index in [4.69, 9.17) is 0 Å². The van der Waals surface area contributed by atoms with Crippen LogP contribution in [0.5, 0.6) is 11.5 Å². The number of aryl methyl sites for hydroxylation is 1. The van der Waals surface area contributed by atoms with E-state index >= 15 is 0 Å². The Morgan fingerprint density at radius 1 is 0.571 bits per heavy atom. The second-order valence-electron chi connectivity index (χ2n) is 13.1. The Morgan fingerprint density at radius 2 is 0.946 bits per heavy atom. The van der Waals surface area contributed by atoms with E-state index in [2.05, 4.69) is 14.3 Å². The fourth-order valence-electron chi connectivity index (χ4n) is 3.81. The van der Waals surface area contributed by atoms with Crippen molar-refractivity contribution in [1.82, 2.24) is 9.96 Å². The van der Waals surface area contributed by atoms with Crippen molar-refractivity contribution in [3.63, 3.8) is 0 Å². The van der Waals surface area contributed by atoms with Crippen molar-refractivity contribution in [2.24, 2.45) is 17.8 Å². The van der Waals surface area contributed by atoms with Gasteiger partial charge in [-0.25, -0.2) is 22.4 Å². The molecule has 2 aliphatic rings. The van der Waals surface area contributed by atoms with Crippen molar-refractivity contribution < 1.29 is 78.6 Å². The molecule has 2 aliphatic heterocycles. The van der Waals surface area contributed by atoms with Crippen LogP contribution in [0.1, 0.15) is 79.4 Å². The summed E-state index contributed by atoms with van der Waals surface area (Å²) < 4.78 is 101. The molecule has 0 spiro atoms. The Hall–Kier alpha value is -5.62. The van der Waals surface area contributed by atoms with Crippen LogP contribution < -0.4 is 9.47 Å². The van der Waals surface area contributed by atoms with Crippen molar-refractivity contribution in [3.8, 4) is 11.5 Å². The third-order valence-corrected chi connectivity index (χ3v) is 7.11. The molecule has 0 saturated carbocycles. The first-order chi connectivity index (χ1) is 25.8. The molecule has 0 radical (unpaired) electrons. The average molecular weight is 807 g/mol. The lowest BCUT2D eigenvalue weighted by Crippen LogP contribution is -2.36. The second kappa shape index (κ2) is 20.9. The van der Waals surface area contributed by atoms with Crippen molar-refractivity contribution in [2.45, 2.75) is 88.1 Å². The van der Waals surface area contributed by atoms with Gasteiger partial charge in [0.2, 0.25) is 29.0 Å². The van der Waals surface area contributed by atoms with Gasteiger partial charge >= 0.3 is 17.9 Å². The van der Waals surface area contributed by atoms with E-state index in [1.165, 1.54) is 51.7 Å². The zero-order valence-corrected chi connectivity index (χ0v) is 32.1. The van der Waals surface area contributed by atoms with Gasteiger partial charge in [0, 0.05) is 36.6 Å². The number of hydroxylamine groups is 2. The average Bonchev–Trinajstić information content (AvgIpc) is 3.64. The van der Waals surface area contributed by atoms with Crippen LogP contribution in [-0.4, -0.2) is 57.5 Å². The number of amides is 4. The van der Waals surface area contributed by atoms with E-state index in [1.807, 2.05) is 13.8 Å². The molecule has 0 bridgehead atoms. The van der Waals surface area contributed by atoms with Crippen LogP contribution in [0.15, 0.2) is 18.2 Å². The van der Waals surface area contributed by atoms with Gasteiger partial charge in [-0.2, -0.15) is 13.2 Å². The van der Waals surface area contributed by atoms with Crippen molar-refractivity contribution in [3.05, 3.63) is 70.1 Å². The van der Waals surface area contributed by atoms with Crippen LogP contribution in [0.2, 0.25) is 0 Å². The van der Waals surface area contributed by atoms with Crippen molar-refractivity contribution in [1.29, 1.82) is 0 Å². The highest BCUT2D eigenvalue weighted by Crippen LogP contribution is 2.30. The molecule has 56 heavy (non-hydrogen) atoms. The molecular weight excluding hydrogens is 765 g/mol. The number of esters is 2. The summed E-state index contributed by atoms with van der Waals surface area (Å²) in [5.41, 5.74) is -0.921. The minimum atomic E-state index is -1.71. The molecule has 0 unspecified atom stereocenters. The van der Waals surface area contributed by atoms with Gasteiger partial charge in [-0.05, 0) is 39.3 Å². The first kappa shape index (κ1) is 48.4. The molecule has 1 fully saturated rings. The van der Waals surface area contributed by atoms with E-state index in [0.29, 0.717) is 11.1 Å². The molecule has 308 valence electrons. The summed E-state index contributed by atoms with van der Waals surface area (Å²) in [6, 6.07) is 0.673. The minimum absolute atomic E-state index is 0.0324. The predicted molar refractivity (Wildman–Crippen MR) is 181 cm³/mol. The number of carbonyl (C=O) groups excluding carboxylic acids is 7. The van der Waals surface area contributed by atoms with E-state index in [9.17, 15) is 64.3 Å². The number of nitrogens with zero attached hydrogens (tertiary/aromatic N) is 2. The van der Waals surface area contributed by atoms with Crippen molar-refractivity contribution >= 4 is 41.5 Å². The summed E-state index contributed by atoms with van der Waals surface area (Å²) in [4.78, 5) is 82.8. The zero-order valence-electron chi connectivity index (χ0n) is 32.1. The largest absolute Gasteiger partial charge is 0.420 e. The van der Waals surface area contributed by atoms with Gasteiger partial charge in [0.15, 0.2) is 23.3 Å². The number of hydrogen-bond donors (Lipinski definition) is 0. The maximum absolute atomic E-state index is 13.4. The monoisotopic (exact) mass is 806 g/mol. The summed E-state index contributed by atoms with van der Waals surface area (Å²) in [6.45, 7) is 14.9. The molecule has 4 rings (SSSR count). The van der Waals surface area contributed by atoms with Gasteiger partial charge in [0.05, 0.1) is 17.8 Å². The van der Waals surface area contributed by atoms with Crippen LogP contribution in [0.25, 0.3) is 0 Å². The topological polar surface area (TPSA) is 154 Å². The quantitative estimate of drug-likeness (QED) is 0.0977. The van der Waals surface area contributed by atoms with Crippen LogP contribution in [-0.2, 0) is 38.4 Å². The van der Waals surface area contributed by atoms with Gasteiger partial charge in [-0.1, -0.05) is 41.5 Å². The first-order valence-corrected chi connectivity index (χ1v) is 16.8. The number of imide groups is 2. The lowest BCUT2D eigenvalue weighted by atomic mass is 10.2. The van der Waals surface area contributed by atoms with Gasteiger partial charge < -0.3 is 14.3 Å². The van der Waals surface area contributed by atoms with E-state index < -0.39 is 99.3 Å². The predicted octanol–water partition coefficient (Wildman–Crippen LogP) is 6.66. The molecule has 2 aromatic rings. The summed E-state index contributed by atoms with van der Waals surface area (Å²) in [7, 11) is 0. The normalized spacial score (nSPS) is 13.4. The molecular formula is C37H41F7N2O10. The lowest BCUT2D eigenvalue weighted by Gasteiger charge is -2.17. The van der Waals surface area contributed by atoms with Gasteiger partial charge in [0.1, 0.15) is 0 Å². The fraction of sp³-hybridized carbons (Fsp3) is 0.432. The van der Waals surface area contributed by atoms with Crippen LogP contribution in [0.3, 0.4) is 0 Å². The Bertz CT molecular complexity index is 1810. The van der Waals surface area contributed by atoms with Gasteiger partial charge in [0.25, 0.3) is 23.6 Å². The second-order valence-corrected chi connectivity index (χ2v) is 13.1. The molecule has 0 aromatic heterocycles. The summed E-state index contributed by atoms with van der Waals surface area (Å²) in [6.07, 6.45) is 2.85. The maximum atomic E-state index is 13.4.